The van der Waals surface area contributed by atoms with Gasteiger partial charge in [-0.25, -0.2) is 17.8 Å². The number of rotatable bonds is 4. The van der Waals surface area contributed by atoms with Crippen molar-refractivity contribution in [2.45, 2.75) is 4.90 Å². The molecule has 0 aliphatic rings. The van der Waals surface area contributed by atoms with Crippen molar-refractivity contribution in [1.29, 1.82) is 0 Å². The molecule has 0 aliphatic heterocycles. The number of sulfone groups is 1. The van der Waals surface area contributed by atoms with Gasteiger partial charge in [-0.3, -0.25) is 10.1 Å². The van der Waals surface area contributed by atoms with Crippen LogP contribution in [0.15, 0.2) is 53.4 Å². The fraction of sp³-hybridized carbons (Fsp3) is 0.0588. The highest BCUT2D eigenvalue weighted by Crippen LogP contribution is 2.28. The van der Waals surface area contributed by atoms with Crippen LogP contribution in [0.2, 0.25) is 0 Å². The molecule has 0 spiro atoms. The molecule has 1 N–H and O–H groups in total. The first-order chi connectivity index (χ1) is 11.8. The van der Waals surface area contributed by atoms with Crippen molar-refractivity contribution in [3.8, 4) is 0 Å². The van der Waals surface area contributed by atoms with E-state index in [-0.39, 0.29) is 16.6 Å². The number of fused-ring (bicyclic) bond motifs is 1. The summed E-state index contributed by atoms with van der Waals surface area (Å²) < 4.78 is 36.7. The number of hydrogen-bond acceptors (Lipinski definition) is 5. The number of amides is 1. The lowest BCUT2D eigenvalue weighted by Gasteiger charge is -1.96. The molecule has 0 saturated carbocycles. The molecular weight excluding hydrogens is 363 g/mol. The Labute approximate surface area is 147 Å². The number of hydrogen-bond donors (Lipinski definition) is 1. The zero-order valence-electron chi connectivity index (χ0n) is 13.1. The number of benzene rings is 2. The summed E-state index contributed by atoms with van der Waals surface area (Å²) in [6.45, 7) is 0. The summed E-state index contributed by atoms with van der Waals surface area (Å²) in [4.78, 5) is 16.4. The van der Waals surface area contributed by atoms with Crippen molar-refractivity contribution in [1.82, 2.24) is 4.98 Å². The smallest absolute Gasteiger partial charge is 0.250 e. The summed E-state index contributed by atoms with van der Waals surface area (Å²) in [5, 5.41) is 3.00. The van der Waals surface area contributed by atoms with Gasteiger partial charge in [0.2, 0.25) is 5.91 Å². The van der Waals surface area contributed by atoms with E-state index in [9.17, 15) is 17.6 Å². The maximum atomic E-state index is 12.8. The molecule has 3 aromatic rings. The number of aromatic nitrogens is 1. The molecule has 2 aromatic carbocycles. The fourth-order valence-electron chi connectivity index (χ4n) is 2.08. The number of halogens is 1. The molecule has 128 valence electrons. The lowest BCUT2D eigenvalue weighted by molar-refractivity contribution is -0.111. The summed E-state index contributed by atoms with van der Waals surface area (Å²) in [7, 11) is -3.30. The molecule has 25 heavy (non-hydrogen) atoms. The SMILES string of the molecule is CS(=O)(=O)c1ccc2nc(NC(=O)C=Cc3ccc(F)cc3)sc2c1. The lowest BCUT2D eigenvalue weighted by atomic mass is 10.2. The van der Waals surface area contributed by atoms with E-state index >= 15 is 0 Å². The molecule has 1 amide bonds. The summed E-state index contributed by atoms with van der Waals surface area (Å²) in [5.74, 6) is -0.726. The highest BCUT2D eigenvalue weighted by molar-refractivity contribution is 7.90. The van der Waals surface area contributed by atoms with Crippen molar-refractivity contribution < 1.29 is 17.6 Å². The minimum Gasteiger partial charge on any atom is -0.298 e. The van der Waals surface area contributed by atoms with E-state index in [1.807, 2.05) is 0 Å². The molecule has 0 aliphatic carbocycles. The van der Waals surface area contributed by atoms with Gasteiger partial charge in [-0.05, 0) is 42.0 Å². The topological polar surface area (TPSA) is 76.1 Å². The normalized spacial score (nSPS) is 11.9. The summed E-state index contributed by atoms with van der Waals surface area (Å²) in [6, 6.07) is 10.4. The Kier molecular flexibility index (Phi) is 4.65. The summed E-state index contributed by atoms with van der Waals surface area (Å²) >= 11 is 1.19. The lowest BCUT2D eigenvalue weighted by Crippen LogP contribution is -2.07. The van der Waals surface area contributed by atoms with Gasteiger partial charge in [-0.15, -0.1) is 0 Å². The highest BCUT2D eigenvalue weighted by atomic mass is 32.2. The zero-order chi connectivity index (χ0) is 18.0. The zero-order valence-corrected chi connectivity index (χ0v) is 14.7. The average molecular weight is 376 g/mol. The second-order valence-electron chi connectivity index (χ2n) is 5.29. The van der Waals surface area contributed by atoms with Crippen molar-refractivity contribution in [2.24, 2.45) is 0 Å². The number of thiazole rings is 1. The van der Waals surface area contributed by atoms with E-state index in [1.165, 1.54) is 41.7 Å². The van der Waals surface area contributed by atoms with Crippen molar-refractivity contribution >= 4 is 48.5 Å². The second kappa shape index (κ2) is 6.73. The number of carbonyl (C=O) groups is 1. The summed E-state index contributed by atoms with van der Waals surface area (Å²) in [5.41, 5.74) is 1.30. The molecule has 0 bridgehead atoms. The van der Waals surface area contributed by atoms with E-state index in [4.69, 9.17) is 0 Å². The van der Waals surface area contributed by atoms with Crippen LogP contribution in [0.5, 0.6) is 0 Å². The first-order valence-electron chi connectivity index (χ1n) is 7.16. The van der Waals surface area contributed by atoms with E-state index in [1.54, 1.807) is 24.3 Å². The van der Waals surface area contributed by atoms with Crippen LogP contribution in [0.3, 0.4) is 0 Å². The average Bonchev–Trinajstić information content (AvgIpc) is 2.94. The Balaban J connectivity index is 1.76. The molecule has 3 rings (SSSR count). The van der Waals surface area contributed by atoms with Crippen LogP contribution in [-0.2, 0) is 14.6 Å². The predicted molar refractivity (Wildman–Crippen MR) is 96.8 cm³/mol. The molecule has 8 heteroatoms. The largest absolute Gasteiger partial charge is 0.298 e. The Bertz CT molecular complexity index is 1070. The van der Waals surface area contributed by atoms with E-state index in [0.717, 1.165) is 6.26 Å². The first kappa shape index (κ1) is 17.2. The third-order valence-electron chi connectivity index (χ3n) is 3.32. The number of anilines is 1. The predicted octanol–water partition coefficient (Wildman–Crippen LogP) is 3.49. The second-order valence-corrected chi connectivity index (χ2v) is 8.34. The Morgan fingerprint density at radius 1 is 1.20 bits per heavy atom. The quantitative estimate of drug-likeness (QED) is 0.707. The molecule has 0 atom stereocenters. The minimum absolute atomic E-state index is 0.206. The third-order valence-corrected chi connectivity index (χ3v) is 5.36. The van der Waals surface area contributed by atoms with Crippen LogP contribution >= 0.6 is 11.3 Å². The molecule has 0 fully saturated rings. The standard InChI is InChI=1S/C17H13FN2O3S2/c1-25(22,23)13-7-8-14-15(10-13)24-17(19-14)20-16(21)9-4-11-2-5-12(18)6-3-11/h2-10H,1H3,(H,19,20,21). The van der Waals surface area contributed by atoms with Gasteiger partial charge in [0.25, 0.3) is 0 Å². The van der Waals surface area contributed by atoms with E-state index in [0.29, 0.717) is 20.9 Å². The minimum atomic E-state index is -3.30. The van der Waals surface area contributed by atoms with Gasteiger partial charge in [-0.2, -0.15) is 0 Å². The Morgan fingerprint density at radius 2 is 1.92 bits per heavy atom. The highest BCUT2D eigenvalue weighted by Gasteiger charge is 2.11. The molecule has 0 unspecified atom stereocenters. The molecule has 5 nitrogen and oxygen atoms in total. The molecule has 0 radical (unpaired) electrons. The molecular formula is C17H13FN2O3S2. The van der Waals surface area contributed by atoms with Gasteiger partial charge in [0.05, 0.1) is 15.1 Å². The van der Waals surface area contributed by atoms with Gasteiger partial charge >= 0.3 is 0 Å². The fourth-order valence-corrected chi connectivity index (χ4v) is 3.71. The number of nitrogens with zero attached hydrogens (tertiary/aromatic N) is 1. The monoisotopic (exact) mass is 376 g/mol. The Hall–Kier alpha value is -2.58. The van der Waals surface area contributed by atoms with Crippen LogP contribution in [0.4, 0.5) is 9.52 Å². The van der Waals surface area contributed by atoms with Crippen LogP contribution in [0.1, 0.15) is 5.56 Å². The van der Waals surface area contributed by atoms with Crippen molar-refractivity contribution in [2.75, 3.05) is 11.6 Å². The van der Waals surface area contributed by atoms with E-state index in [2.05, 4.69) is 10.3 Å². The van der Waals surface area contributed by atoms with Crippen LogP contribution in [-0.4, -0.2) is 25.6 Å². The van der Waals surface area contributed by atoms with Gasteiger partial charge in [0, 0.05) is 12.3 Å². The first-order valence-corrected chi connectivity index (χ1v) is 9.87. The van der Waals surface area contributed by atoms with Gasteiger partial charge < -0.3 is 0 Å². The number of nitrogens with one attached hydrogen (secondary N) is 1. The van der Waals surface area contributed by atoms with Crippen LogP contribution in [0.25, 0.3) is 16.3 Å². The van der Waals surface area contributed by atoms with Gasteiger partial charge in [-0.1, -0.05) is 23.5 Å². The maximum absolute atomic E-state index is 12.8. The van der Waals surface area contributed by atoms with Crippen molar-refractivity contribution in [3.05, 3.63) is 59.9 Å². The summed E-state index contributed by atoms with van der Waals surface area (Å²) in [6.07, 6.45) is 4.02. The Morgan fingerprint density at radius 3 is 2.60 bits per heavy atom. The van der Waals surface area contributed by atoms with Crippen LogP contribution in [0, 0.1) is 5.82 Å². The van der Waals surface area contributed by atoms with Crippen LogP contribution < -0.4 is 5.32 Å². The third kappa shape index (κ3) is 4.28. The van der Waals surface area contributed by atoms with Gasteiger partial charge in [0.1, 0.15) is 5.82 Å². The number of carbonyl (C=O) groups excluding carboxylic acids is 1. The van der Waals surface area contributed by atoms with E-state index < -0.39 is 9.84 Å². The molecule has 1 aromatic heterocycles. The maximum Gasteiger partial charge on any atom is 0.250 e. The molecule has 1 heterocycles. The van der Waals surface area contributed by atoms with Gasteiger partial charge in [0.15, 0.2) is 15.0 Å². The van der Waals surface area contributed by atoms with Crippen molar-refractivity contribution in [3.63, 3.8) is 0 Å². The molecule has 0 saturated heterocycles.